The maximum Gasteiger partial charge on any atom is 0.121 e. The standard InChI is InChI=1S/C45H35N2O.C13H15N2Si.Ir/c1-27(2)36-24-32(29-13-6-5-7-14-29)25-37(28(3)4)43(36)47-41-20-11-10-19-40(41)46-45(47)35-18-12-17-34-39-23-31-22-21-30-15-8-9-16-33(30)38(31)26-42(39)48-44(34)35;1-16(2,3)12-9-10-14-13(15-12)11-7-5-4-6-8-11;/h5-17,19-28H,1-4H3;4-7,9-10H,1-3H3;/q2*-1;. The van der Waals surface area contributed by atoms with Crippen molar-refractivity contribution in [2.24, 2.45) is 0 Å². The minimum atomic E-state index is -1.36. The molecule has 0 atom stereocenters. The second-order valence-electron chi connectivity index (χ2n) is 18.3. The molecular weight excluding hydrogens is 989 g/mol. The predicted molar refractivity (Wildman–Crippen MR) is 271 cm³/mol. The van der Waals surface area contributed by atoms with Crippen molar-refractivity contribution < 1.29 is 24.5 Å². The molecule has 8 aromatic carbocycles. The second-order valence-corrected chi connectivity index (χ2v) is 23.3. The molecule has 0 fully saturated rings. The Balaban J connectivity index is 0.000000266. The zero-order chi connectivity index (χ0) is 44.1. The molecule has 65 heavy (non-hydrogen) atoms. The monoisotopic (exact) mass is 1040 g/mol. The summed E-state index contributed by atoms with van der Waals surface area (Å²) in [6, 6.07) is 62.1. The van der Waals surface area contributed by atoms with Crippen LogP contribution in [0.5, 0.6) is 0 Å². The van der Waals surface area contributed by atoms with E-state index in [9.17, 15) is 0 Å². The van der Waals surface area contributed by atoms with Gasteiger partial charge in [-0.2, -0.15) is 0 Å². The van der Waals surface area contributed by atoms with Crippen molar-refractivity contribution in [2.45, 2.75) is 59.2 Å². The van der Waals surface area contributed by atoms with Crippen LogP contribution in [0.1, 0.15) is 50.7 Å². The molecule has 3 heterocycles. The van der Waals surface area contributed by atoms with E-state index in [0.29, 0.717) is 0 Å². The summed E-state index contributed by atoms with van der Waals surface area (Å²) in [6.07, 6.45) is 1.84. The van der Waals surface area contributed by atoms with Crippen LogP contribution in [0, 0.1) is 12.1 Å². The van der Waals surface area contributed by atoms with Gasteiger partial charge in [-0.25, -0.2) is 0 Å². The molecule has 0 amide bonds. The molecule has 11 aromatic rings. The zero-order valence-electron chi connectivity index (χ0n) is 37.8. The van der Waals surface area contributed by atoms with Gasteiger partial charge in [0.2, 0.25) is 0 Å². The van der Waals surface area contributed by atoms with Gasteiger partial charge in [0.15, 0.2) is 0 Å². The SMILES string of the molecule is CC(C)c1cc(-c2ccccc2)cc(C(C)C)c1-n1c(-c2[c-]ccc3c2oc2cc4c(ccc5ccccc54)cc23)nc2ccccc21.C[Si](C)(C)c1ccnc(-c2[c-]cccc2)n1.[Ir]. The van der Waals surface area contributed by atoms with E-state index in [1.807, 2.05) is 42.6 Å². The Kier molecular flexibility index (Phi) is 12.0. The number of hydrogen-bond acceptors (Lipinski definition) is 4. The fourth-order valence-electron chi connectivity index (χ4n) is 8.88. The van der Waals surface area contributed by atoms with E-state index < -0.39 is 8.07 Å². The third-order valence-corrected chi connectivity index (χ3v) is 14.0. The van der Waals surface area contributed by atoms with Crippen LogP contribution in [0.4, 0.5) is 0 Å². The first-order valence-electron chi connectivity index (χ1n) is 22.2. The molecule has 7 heteroatoms. The van der Waals surface area contributed by atoms with Gasteiger partial charge in [0.05, 0.1) is 28.3 Å². The van der Waals surface area contributed by atoms with Gasteiger partial charge in [-0.05, 0) is 98.1 Å². The predicted octanol–water partition coefficient (Wildman–Crippen LogP) is 15.1. The molecule has 0 saturated heterocycles. The Labute approximate surface area is 395 Å². The minimum absolute atomic E-state index is 0. The van der Waals surface area contributed by atoms with Gasteiger partial charge in [-0.15, -0.1) is 54.1 Å². The van der Waals surface area contributed by atoms with Crippen LogP contribution < -0.4 is 5.32 Å². The number of nitrogens with zero attached hydrogens (tertiary/aromatic N) is 4. The van der Waals surface area contributed by atoms with Gasteiger partial charge in [-0.1, -0.05) is 137 Å². The summed E-state index contributed by atoms with van der Waals surface area (Å²) < 4.78 is 9.20. The third-order valence-electron chi connectivity index (χ3n) is 12.2. The molecular formula is C58H50IrN4OSi-2. The second kappa shape index (κ2) is 17.8. The summed E-state index contributed by atoms with van der Waals surface area (Å²) in [5.74, 6) is 2.18. The summed E-state index contributed by atoms with van der Waals surface area (Å²) in [6.45, 7) is 16.0. The van der Waals surface area contributed by atoms with Gasteiger partial charge in [0, 0.05) is 42.7 Å². The molecule has 0 aliphatic heterocycles. The van der Waals surface area contributed by atoms with Gasteiger partial charge in [-0.3, -0.25) is 15.0 Å². The number of benzene rings is 8. The Morgan fingerprint density at radius 3 is 2.03 bits per heavy atom. The largest absolute Gasteiger partial charge is 0.501 e. The Morgan fingerprint density at radius 2 is 1.29 bits per heavy atom. The van der Waals surface area contributed by atoms with Crippen LogP contribution in [0.3, 0.4) is 0 Å². The Bertz CT molecular complexity index is 3470. The van der Waals surface area contributed by atoms with Crippen LogP contribution in [0.2, 0.25) is 19.6 Å². The van der Waals surface area contributed by atoms with E-state index in [1.165, 1.54) is 54.8 Å². The van der Waals surface area contributed by atoms with Crippen molar-refractivity contribution in [1.82, 2.24) is 19.5 Å². The van der Waals surface area contributed by atoms with Crippen molar-refractivity contribution in [3.8, 4) is 39.6 Å². The molecule has 0 aliphatic rings. The molecule has 0 N–H and O–H groups in total. The van der Waals surface area contributed by atoms with Crippen molar-refractivity contribution in [2.75, 3.05) is 0 Å². The van der Waals surface area contributed by atoms with Crippen molar-refractivity contribution in [3.63, 3.8) is 0 Å². The van der Waals surface area contributed by atoms with E-state index in [0.717, 1.165) is 55.7 Å². The topological polar surface area (TPSA) is 56.7 Å². The molecule has 11 rings (SSSR count). The first-order chi connectivity index (χ1) is 31.0. The maximum atomic E-state index is 6.83. The molecule has 5 nitrogen and oxygen atoms in total. The Hall–Kier alpha value is -6.50. The van der Waals surface area contributed by atoms with Crippen molar-refractivity contribution in [1.29, 1.82) is 0 Å². The van der Waals surface area contributed by atoms with Gasteiger partial charge >= 0.3 is 0 Å². The first kappa shape index (κ1) is 43.7. The third kappa shape index (κ3) is 8.25. The molecule has 323 valence electrons. The van der Waals surface area contributed by atoms with E-state index in [1.54, 1.807) is 0 Å². The average Bonchev–Trinajstić information content (AvgIpc) is 3.89. The van der Waals surface area contributed by atoms with E-state index in [2.05, 4.69) is 195 Å². The number of furan rings is 1. The molecule has 0 unspecified atom stereocenters. The molecule has 3 aromatic heterocycles. The summed E-state index contributed by atoms with van der Waals surface area (Å²) in [4.78, 5) is 14.3. The van der Waals surface area contributed by atoms with Crippen LogP contribution in [0.25, 0.3) is 94.1 Å². The number of aromatic nitrogens is 4. The van der Waals surface area contributed by atoms with Crippen LogP contribution in [-0.2, 0) is 20.1 Å². The van der Waals surface area contributed by atoms with Crippen molar-refractivity contribution in [3.05, 3.63) is 187 Å². The molecule has 0 saturated carbocycles. The van der Waals surface area contributed by atoms with Crippen LogP contribution in [-0.4, -0.2) is 27.6 Å². The van der Waals surface area contributed by atoms with Gasteiger partial charge in [0.25, 0.3) is 0 Å². The summed E-state index contributed by atoms with van der Waals surface area (Å²) in [7, 11) is -1.36. The van der Waals surface area contributed by atoms with E-state index >= 15 is 0 Å². The maximum absolute atomic E-state index is 6.83. The van der Waals surface area contributed by atoms with Crippen molar-refractivity contribution >= 4 is 67.9 Å². The van der Waals surface area contributed by atoms with E-state index in [4.69, 9.17) is 9.40 Å². The van der Waals surface area contributed by atoms with E-state index in [-0.39, 0.29) is 31.9 Å². The first-order valence-corrected chi connectivity index (χ1v) is 25.7. The fraction of sp³-hybridized carbons (Fsp3) is 0.155. The normalized spacial score (nSPS) is 11.8. The Morgan fingerprint density at radius 1 is 0.585 bits per heavy atom. The van der Waals surface area contributed by atoms with Gasteiger partial charge < -0.3 is 8.98 Å². The minimum Gasteiger partial charge on any atom is -0.501 e. The van der Waals surface area contributed by atoms with Gasteiger partial charge in [0.1, 0.15) is 13.7 Å². The van der Waals surface area contributed by atoms with Crippen LogP contribution in [0.15, 0.2) is 168 Å². The number of imidazole rings is 1. The smallest absolute Gasteiger partial charge is 0.121 e. The number of rotatable bonds is 7. The fourth-order valence-corrected chi connectivity index (χ4v) is 9.90. The average molecular weight is 1040 g/mol. The summed E-state index contributed by atoms with van der Waals surface area (Å²) in [5.41, 5.74) is 11.8. The molecule has 0 spiro atoms. The summed E-state index contributed by atoms with van der Waals surface area (Å²) >= 11 is 0. The quantitative estimate of drug-likeness (QED) is 0.0907. The number of para-hydroxylation sites is 2. The molecule has 0 aliphatic carbocycles. The molecule has 1 radical (unpaired) electrons. The van der Waals surface area contributed by atoms with Crippen LogP contribution >= 0.6 is 0 Å². The zero-order valence-corrected chi connectivity index (χ0v) is 41.2. The molecule has 0 bridgehead atoms. The number of fused-ring (bicyclic) bond motifs is 7. The number of hydrogen-bond donors (Lipinski definition) is 0. The summed E-state index contributed by atoms with van der Waals surface area (Å²) in [5, 5.41) is 8.21.